The lowest BCUT2D eigenvalue weighted by Crippen LogP contribution is -2.21. The largest absolute Gasteiger partial charge is 0.496 e. The Labute approximate surface area is 114 Å². The molecule has 19 heavy (non-hydrogen) atoms. The summed E-state index contributed by atoms with van der Waals surface area (Å²) in [5.74, 6) is 0.936. The van der Waals surface area contributed by atoms with Gasteiger partial charge in [-0.3, -0.25) is 4.98 Å². The van der Waals surface area contributed by atoms with Crippen LogP contribution >= 0.6 is 0 Å². The summed E-state index contributed by atoms with van der Waals surface area (Å²) in [6.45, 7) is 3.09. The molecule has 1 unspecified atom stereocenters. The van der Waals surface area contributed by atoms with Crippen LogP contribution in [0, 0.1) is 0 Å². The van der Waals surface area contributed by atoms with Crippen LogP contribution in [0.4, 0.5) is 0 Å². The lowest BCUT2D eigenvalue weighted by molar-refractivity contribution is 0.402. The molecule has 0 radical (unpaired) electrons. The summed E-state index contributed by atoms with van der Waals surface area (Å²) in [6.07, 6.45) is 4.67. The Morgan fingerprint density at radius 3 is 2.63 bits per heavy atom. The molecule has 1 heterocycles. The average molecular weight is 256 g/mol. The SMILES string of the molecule is COc1ccccc1C(C)NCCc1ccncc1. The standard InChI is InChI=1S/C16H20N2O/c1-13(15-5-3-4-6-16(15)19-2)18-12-9-14-7-10-17-11-8-14/h3-8,10-11,13,18H,9,12H2,1-2H3. The normalized spacial score (nSPS) is 12.1. The fourth-order valence-electron chi connectivity index (χ4n) is 2.12. The summed E-state index contributed by atoms with van der Waals surface area (Å²) in [7, 11) is 1.71. The van der Waals surface area contributed by atoms with E-state index in [1.807, 2.05) is 30.6 Å². The third kappa shape index (κ3) is 3.80. The van der Waals surface area contributed by atoms with E-state index in [-0.39, 0.29) is 6.04 Å². The Balaban J connectivity index is 1.89. The highest BCUT2D eigenvalue weighted by Crippen LogP contribution is 2.24. The van der Waals surface area contributed by atoms with Crippen LogP contribution in [0.1, 0.15) is 24.1 Å². The number of benzene rings is 1. The van der Waals surface area contributed by atoms with Crippen LogP contribution in [0.25, 0.3) is 0 Å². The molecule has 100 valence electrons. The number of nitrogens with one attached hydrogen (secondary N) is 1. The first-order valence-corrected chi connectivity index (χ1v) is 6.56. The lowest BCUT2D eigenvalue weighted by atomic mass is 10.1. The summed E-state index contributed by atoms with van der Waals surface area (Å²) < 4.78 is 5.38. The molecule has 0 saturated heterocycles. The average Bonchev–Trinajstić information content (AvgIpc) is 2.48. The third-order valence-electron chi connectivity index (χ3n) is 3.22. The molecule has 3 heteroatoms. The first-order valence-electron chi connectivity index (χ1n) is 6.56. The molecule has 2 rings (SSSR count). The Kier molecular flexibility index (Phi) is 4.93. The number of aromatic nitrogens is 1. The van der Waals surface area contributed by atoms with E-state index in [4.69, 9.17) is 4.74 Å². The van der Waals surface area contributed by atoms with E-state index in [9.17, 15) is 0 Å². The molecule has 0 bridgehead atoms. The summed E-state index contributed by atoms with van der Waals surface area (Å²) in [5, 5.41) is 3.52. The van der Waals surface area contributed by atoms with Crippen molar-refractivity contribution >= 4 is 0 Å². The summed E-state index contributed by atoms with van der Waals surface area (Å²) in [4.78, 5) is 4.02. The van der Waals surface area contributed by atoms with Crippen molar-refractivity contribution in [2.75, 3.05) is 13.7 Å². The first-order chi connectivity index (χ1) is 9.31. The van der Waals surface area contributed by atoms with Crippen molar-refractivity contribution in [1.82, 2.24) is 10.3 Å². The maximum atomic E-state index is 5.38. The second-order valence-corrected chi connectivity index (χ2v) is 4.52. The van der Waals surface area contributed by atoms with Gasteiger partial charge in [0.1, 0.15) is 5.75 Å². The summed E-state index contributed by atoms with van der Waals surface area (Å²) >= 11 is 0. The second-order valence-electron chi connectivity index (χ2n) is 4.52. The molecule has 1 atom stereocenters. The number of pyridine rings is 1. The third-order valence-corrected chi connectivity index (χ3v) is 3.22. The van der Waals surface area contributed by atoms with Crippen molar-refractivity contribution < 1.29 is 4.74 Å². The Hall–Kier alpha value is -1.87. The van der Waals surface area contributed by atoms with Crippen molar-refractivity contribution in [3.63, 3.8) is 0 Å². The predicted octanol–water partition coefficient (Wildman–Crippen LogP) is 2.98. The van der Waals surface area contributed by atoms with E-state index in [2.05, 4.69) is 35.4 Å². The van der Waals surface area contributed by atoms with E-state index in [0.717, 1.165) is 18.7 Å². The topological polar surface area (TPSA) is 34.1 Å². The zero-order valence-electron chi connectivity index (χ0n) is 11.5. The number of ether oxygens (including phenoxy) is 1. The Morgan fingerprint density at radius 1 is 1.16 bits per heavy atom. The van der Waals surface area contributed by atoms with Crippen LogP contribution in [0.3, 0.4) is 0 Å². The number of para-hydroxylation sites is 1. The van der Waals surface area contributed by atoms with Gasteiger partial charge in [-0.1, -0.05) is 18.2 Å². The fourth-order valence-corrected chi connectivity index (χ4v) is 2.12. The van der Waals surface area contributed by atoms with Gasteiger partial charge in [0, 0.05) is 24.0 Å². The van der Waals surface area contributed by atoms with E-state index < -0.39 is 0 Å². The van der Waals surface area contributed by atoms with Gasteiger partial charge in [-0.15, -0.1) is 0 Å². The van der Waals surface area contributed by atoms with Crippen molar-refractivity contribution in [2.24, 2.45) is 0 Å². The first kappa shape index (κ1) is 13.6. The van der Waals surface area contributed by atoms with Gasteiger partial charge in [0.05, 0.1) is 7.11 Å². The predicted molar refractivity (Wildman–Crippen MR) is 77.4 cm³/mol. The zero-order chi connectivity index (χ0) is 13.5. The van der Waals surface area contributed by atoms with Gasteiger partial charge in [0.2, 0.25) is 0 Å². The van der Waals surface area contributed by atoms with Gasteiger partial charge in [-0.05, 0) is 43.7 Å². The molecule has 0 saturated carbocycles. The summed E-state index contributed by atoms with van der Waals surface area (Å²) in [5.41, 5.74) is 2.49. The van der Waals surface area contributed by atoms with Gasteiger partial charge in [0.25, 0.3) is 0 Å². The smallest absolute Gasteiger partial charge is 0.123 e. The van der Waals surface area contributed by atoms with Gasteiger partial charge >= 0.3 is 0 Å². The molecule has 0 aliphatic rings. The maximum absolute atomic E-state index is 5.38. The molecular weight excluding hydrogens is 236 g/mol. The monoisotopic (exact) mass is 256 g/mol. The minimum atomic E-state index is 0.276. The number of nitrogens with zero attached hydrogens (tertiary/aromatic N) is 1. The lowest BCUT2D eigenvalue weighted by Gasteiger charge is -2.17. The molecule has 0 spiro atoms. The molecule has 2 aromatic rings. The van der Waals surface area contributed by atoms with Crippen molar-refractivity contribution in [2.45, 2.75) is 19.4 Å². The number of rotatable bonds is 6. The highest BCUT2D eigenvalue weighted by Gasteiger charge is 2.09. The van der Waals surface area contributed by atoms with Crippen LogP contribution < -0.4 is 10.1 Å². The molecule has 1 aromatic heterocycles. The summed E-state index contributed by atoms with van der Waals surface area (Å²) in [6, 6.07) is 12.5. The van der Waals surface area contributed by atoms with Gasteiger partial charge in [-0.25, -0.2) is 0 Å². The molecule has 0 aliphatic heterocycles. The Morgan fingerprint density at radius 2 is 1.89 bits per heavy atom. The number of hydrogen-bond donors (Lipinski definition) is 1. The second kappa shape index (κ2) is 6.90. The van der Waals surface area contributed by atoms with E-state index in [0.29, 0.717) is 0 Å². The highest BCUT2D eigenvalue weighted by atomic mass is 16.5. The van der Waals surface area contributed by atoms with Crippen LogP contribution in [-0.4, -0.2) is 18.6 Å². The van der Waals surface area contributed by atoms with Crippen molar-refractivity contribution in [3.8, 4) is 5.75 Å². The molecular formula is C16H20N2O. The Bertz CT molecular complexity index is 499. The van der Waals surface area contributed by atoms with Gasteiger partial charge in [0.15, 0.2) is 0 Å². The van der Waals surface area contributed by atoms with Gasteiger partial charge < -0.3 is 10.1 Å². The maximum Gasteiger partial charge on any atom is 0.123 e. The molecule has 1 aromatic carbocycles. The molecule has 0 amide bonds. The zero-order valence-corrected chi connectivity index (χ0v) is 11.5. The van der Waals surface area contributed by atoms with Crippen molar-refractivity contribution in [1.29, 1.82) is 0 Å². The fraction of sp³-hybridized carbons (Fsp3) is 0.312. The van der Waals surface area contributed by atoms with E-state index >= 15 is 0 Å². The van der Waals surface area contributed by atoms with Crippen molar-refractivity contribution in [3.05, 3.63) is 59.9 Å². The number of methoxy groups -OCH3 is 1. The minimum absolute atomic E-state index is 0.276. The quantitative estimate of drug-likeness (QED) is 0.862. The number of hydrogen-bond acceptors (Lipinski definition) is 3. The van der Waals surface area contributed by atoms with Crippen LogP contribution in [0.5, 0.6) is 5.75 Å². The van der Waals surface area contributed by atoms with Crippen LogP contribution in [0.15, 0.2) is 48.8 Å². The van der Waals surface area contributed by atoms with Gasteiger partial charge in [-0.2, -0.15) is 0 Å². The highest BCUT2D eigenvalue weighted by molar-refractivity contribution is 5.35. The van der Waals surface area contributed by atoms with Crippen LogP contribution in [-0.2, 0) is 6.42 Å². The van der Waals surface area contributed by atoms with E-state index in [1.165, 1.54) is 11.1 Å². The molecule has 3 nitrogen and oxygen atoms in total. The molecule has 0 aliphatic carbocycles. The molecule has 1 N–H and O–H groups in total. The molecule has 0 fully saturated rings. The van der Waals surface area contributed by atoms with Crippen LogP contribution in [0.2, 0.25) is 0 Å². The van der Waals surface area contributed by atoms with E-state index in [1.54, 1.807) is 7.11 Å². The minimum Gasteiger partial charge on any atom is -0.496 e.